The molecule has 276 valence electrons. The maximum Gasteiger partial charge on any atom is 0.313 e. The van der Waals surface area contributed by atoms with Gasteiger partial charge in [-0.25, -0.2) is 0 Å². The van der Waals surface area contributed by atoms with Crippen LogP contribution in [0.4, 0.5) is 0 Å². The van der Waals surface area contributed by atoms with Crippen LogP contribution in [0.15, 0.2) is 83.4 Å². The van der Waals surface area contributed by atoms with Crippen LogP contribution < -0.4 is 5.32 Å². The summed E-state index contributed by atoms with van der Waals surface area (Å²) in [6.07, 6.45) is 9.08. The van der Waals surface area contributed by atoms with Gasteiger partial charge in [-0.2, -0.15) is 0 Å². The number of likely N-dealkylation sites (tertiary alicyclic amines) is 1. The number of aliphatic hydroxyl groups excluding tert-OH is 1. The van der Waals surface area contributed by atoms with Crippen LogP contribution in [0.3, 0.4) is 0 Å². The number of methoxy groups -OCH3 is 1. The second kappa shape index (κ2) is 15.6. The lowest BCUT2D eigenvalue weighted by molar-refractivity contribution is -0.163. The fraction of sp³-hybridized carbons (Fsp3) is 0.500. The largest absolute Gasteiger partial charge is 0.455 e. The Morgan fingerprint density at radius 1 is 0.962 bits per heavy atom. The van der Waals surface area contributed by atoms with Gasteiger partial charge in [-0.15, -0.1) is 0 Å². The van der Waals surface area contributed by atoms with E-state index < -0.39 is 66.3 Å². The summed E-state index contributed by atoms with van der Waals surface area (Å²) in [6, 6.07) is 15.4. The van der Waals surface area contributed by atoms with Gasteiger partial charge in [-0.1, -0.05) is 108 Å². The molecule has 5 bridgehead atoms. The maximum atomic E-state index is 15.3. The predicted octanol–water partition coefficient (Wildman–Crippen LogP) is 4.52. The Labute approximate surface area is 312 Å². The van der Waals surface area contributed by atoms with Crippen molar-refractivity contribution in [1.29, 1.82) is 0 Å². The number of allylic oxidation sites excluding steroid dienone is 1. The highest BCUT2D eigenvalue weighted by Gasteiger charge is 2.75. The molecule has 4 heterocycles. The van der Waals surface area contributed by atoms with Gasteiger partial charge in [0.05, 0.1) is 31.2 Å². The molecule has 1 spiro atoms. The molecule has 2 aromatic carbocycles. The average Bonchev–Trinajstić information content (AvgIpc) is 3.76. The SMILES string of the molecule is COC[C@@H]1NC(=O)CC/C=C\CN(C2CCCCC2)C(=O)[C@H]2N([C@H](CO)c3ccccc3)C(=O)[C@@H]3[C@@H](C(=O)O[C@H]1c1ccccc1)[C@@H]1O[C@@]32C=C1Br. The lowest BCUT2D eigenvalue weighted by Gasteiger charge is -2.42. The molecule has 2 N–H and O–H groups in total. The number of halogens is 1. The minimum atomic E-state index is -1.50. The summed E-state index contributed by atoms with van der Waals surface area (Å²) in [5.74, 6) is -3.90. The summed E-state index contributed by atoms with van der Waals surface area (Å²) < 4.78 is 19.2. The first-order valence-electron chi connectivity index (χ1n) is 18.3. The lowest BCUT2D eigenvalue weighted by atomic mass is 9.74. The number of carbonyl (C=O) groups is 4. The van der Waals surface area contributed by atoms with E-state index >= 15 is 9.59 Å². The van der Waals surface area contributed by atoms with Crippen LogP contribution in [0.1, 0.15) is 68.2 Å². The molecule has 7 rings (SSSR count). The zero-order chi connectivity index (χ0) is 36.4. The van der Waals surface area contributed by atoms with Gasteiger partial charge < -0.3 is 34.4 Å². The zero-order valence-electron chi connectivity index (χ0n) is 29.3. The molecule has 12 heteroatoms. The summed E-state index contributed by atoms with van der Waals surface area (Å²) in [4.78, 5) is 61.7. The molecular formula is C40H46BrN3O8. The third kappa shape index (κ3) is 6.63. The molecular weight excluding hydrogens is 730 g/mol. The Hall–Kier alpha value is -3.84. The van der Waals surface area contributed by atoms with E-state index in [1.807, 2.05) is 77.7 Å². The van der Waals surface area contributed by atoms with Gasteiger partial charge in [0.15, 0.2) is 0 Å². The second-order valence-electron chi connectivity index (χ2n) is 14.4. The molecule has 2 saturated heterocycles. The fourth-order valence-electron chi connectivity index (χ4n) is 8.95. The van der Waals surface area contributed by atoms with Gasteiger partial charge in [0.2, 0.25) is 17.7 Å². The number of amides is 3. The Bertz CT molecular complexity index is 1700. The number of nitrogens with zero attached hydrogens (tertiary/aromatic N) is 2. The first-order valence-corrected chi connectivity index (χ1v) is 19.1. The van der Waals surface area contributed by atoms with Crippen LogP contribution in [0.2, 0.25) is 0 Å². The number of benzene rings is 2. The summed E-state index contributed by atoms with van der Waals surface area (Å²) in [5, 5.41) is 14.0. The molecule has 1 saturated carbocycles. The number of hydrogen-bond acceptors (Lipinski definition) is 8. The van der Waals surface area contributed by atoms with Crippen molar-refractivity contribution < 1.29 is 38.5 Å². The minimum Gasteiger partial charge on any atom is -0.455 e. The number of ether oxygens (including phenoxy) is 3. The molecule has 11 nitrogen and oxygen atoms in total. The monoisotopic (exact) mass is 775 g/mol. The van der Waals surface area contributed by atoms with E-state index in [9.17, 15) is 14.7 Å². The number of nitrogens with one attached hydrogen (secondary N) is 1. The molecule has 0 unspecified atom stereocenters. The molecule has 3 amide bonds. The van der Waals surface area contributed by atoms with Crippen LogP contribution >= 0.6 is 15.9 Å². The Morgan fingerprint density at radius 2 is 1.67 bits per heavy atom. The van der Waals surface area contributed by atoms with E-state index in [2.05, 4.69) is 21.2 Å². The van der Waals surface area contributed by atoms with Crippen molar-refractivity contribution >= 4 is 39.6 Å². The molecule has 0 radical (unpaired) electrons. The first-order chi connectivity index (χ1) is 25.3. The van der Waals surface area contributed by atoms with Crippen molar-refractivity contribution in [3.05, 3.63) is 94.5 Å². The van der Waals surface area contributed by atoms with Gasteiger partial charge in [0, 0.05) is 30.6 Å². The Morgan fingerprint density at radius 3 is 2.37 bits per heavy atom. The quantitative estimate of drug-likeness (QED) is 0.310. The molecule has 3 fully saturated rings. The topological polar surface area (TPSA) is 135 Å². The minimum absolute atomic E-state index is 0.0604. The van der Waals surface area contributed by atoms with Gasteiger partial charge in [0.1, 0.15) is 29.8 Å². The van der Waals surface area contributed by atoms with Crippen molar-refractivity contribution in [2.24, 2.45) is 11.8 Å². The van der Waals surface area contributed by atoms with Gasteiger partial charge in [-0.3, -0.25) is 19.2 Å². The highest BCUT2D eigenvalue weighted by molar-refractivity contribution is 9.11. The molecule has 4 aliphatic heterocycles. The molecule has 5 aliphatic rings. The van der Waals surface area contributed by atoms with Crippen molar-refractivity contribution in [2.75, 3.05) is 26.9 Å². The van der Waals surface area contributed by atoms with Gasteiger partial charge >= 0.3 is 5.97 Å². The Kier molecular flexibility index (Phi) is 11.0. The van der Waals surface area contributed by atoms with Crippen LogP contribution in [0.25, 0.3) is 0 Å². The number of aliphatic hydroxyl groups is 1. The number of esters is 1. The van der Waals surface area contributed by atoms with E-state index in [0.29, 0.717) is 22.0 Å². The average molecular weight is 777 g/mol. The lowest BCUT2D eigenvalue weighted by Crippen LogP contribution is -2.58. The van der Waals surface area contributed by atoms with Crippen LogP contribution in [-0.4, -0.2) is 95.3 Å². The number of carbonyl (C=O) groups excluding carboxylic acids is 4. The van der Waals surface area contributed by atoms with E-state index in [1.54, 1.807) is 6.08 Å². The summed E-state index contributed by atoms with van der Waals surface area (Å²) in [7, 11) is 1.52. The Balaban J connectivity index is 1.37. The second-order valence-corrected chi connectivity index (χ2v) is 15.3. The number of fused-ring (bicyclic) bond motifs is 2. The summed E-state index contributed by atoms with van der Waals surface area (Å²) in [6.45, 7) is -0.101. The standard InChI is InChI=1S/C40H46BrN3O8/c1-50-24-29-34(26-16-8-3-9-17-26)51-39(49)32-33-37(47)44(30(23-45)25-14-6-2-7-15-25)36(40(33)22-28(41)35(32)52-40)38(48)43(27-18-10-4-11-19-27)21-13-5-12-20-31(46)42-29/h2-3,5-9,13-17,22,27,29-30,32-36,45H,4,10-12,18-21,23-24H2,1H3,(H,42,46)/b13-5-/t29-,30+,32+,33-,34-,35+,36+,40-/m0/s1. The molecule has 2 aromatic rings. The molecule has 0 aromatic heterocycles. The van der Waals surface area contributed by atoms with Crippen molar-refractivity contribution in [2.45, 2.75) is 86.9 Å². The third-order valence-electron chi connectivity index (χ3n) is 11.3. The van der Waals surface area contributed by atoms with E-state index in [1.165, 1.54) is 12.0 Å². The maximum absolute atomic E-state index is 15.3. The number of rotatable bonds is 7. The molecule has 52 heavy (non-hydrogen) atoms. The number of cyclic esters (lactones) is 1. The predicted molar refractivity (Wildman–Crippen MR) is 195 cm³/mol. The fourth-order valence-corrected chi connectivity index (χ4v) is 9.69. The smallest absolute Gasteiger partial charge is 0.313 e. The summed E-state index contributed by atoms with van der Waals surface area (Å²) in [5.41, 5.74) is -0.196. The molecule has 8 atom stereocenters. The normalized spacial score (nSPS) is 32.6. The van der Waals surface area contributed by atoms with Crippen molar-refractivity contribution in [3.8, 4) is 0 Å². The first kappa shape index (κ1) is 36.5. The number of hydrogen-bond donors (Lipinski definition) is 2. The molecule has 1 aliphatic carbocycles. The van der Waals surface area contributed by atoms with Crippen LogP contribution in [0, 0.1) is 11.8 Å². The zero-order valence-corrected chi connectivity index (χ0v) is 30.9. The van der Waals surface area contributed by atoms with E-state index in [-0.39, 0.29) is 37.4 Å². The van der Waals surface area contributed by atoms with Gasteiger partial charge in [-0.05, 0) is 36.5 Å². The van der Waals surface area contributed by atoms with Crippen LogP contribution in [-0.2, 0) is 33.4 Å². The van der Waals surface area contributed by atoms with Crippen molar-refractivity contribution in [3.63, 3.8) is 0 Å². The van der Waals surface area contributed by atoms with Crippen molar-refractivity contribution in [1.82, 2.24) is 15.1 Å². The highest BCUT2D eigenvalue weighted by Crippen LogP contribution is 2.60. The van der Waals surface area contributed by atoms with E-state index in [4.69, 9.17) is 14.2 Å². The van der Waals surface area contributed by atoms with E-state index in [0.717, 1.165) is 32.1 Å². The van der Waals surface area contributed by atoms with Crippen LogP contribution in [0.5, 0.6) is 0 Å². The third-order valence-corrected chi connectivity index (χ3v) is 12.0. The summed E-state index contributed by atoms with van der Waals surface area (Å²) >= 11 is 3.65. The van der Waals surface area contributed by atoms with Gasteiger partial charge in [0.25, 0.3) is 0 Å². The highest BCUT2D eigenvalue weighted by atomic mass is 79.9.